The van der Waals surface area contributed by atoms with E-state index in [1.807, 2.05) is 68.4 Å². The summed E-state index contributed by atoms with van der Waals surface area (Å²) in [6.07, 6.45) is 1.72. The van der Waals surface area contributed by atoms with Crippen LogP contribution >= 0.6 is 0 Å². The maximum absolute atomic E-state index is 13.0. The Labute approximate surface area is 185 Å². The Bertz CT molecular complexity index is 808. The van der Waals surface area contributed by atoms with Crippen molar-refractivity contribution in [2.45, 2.75) is 58.7 Å². The highest BCUT2D eigenvalue weighted by Gasteiger charge is 2.26. The van der Waals surface area contributed by atoms with Gasteiger partial charge in [-0.15, -0.1) is 0 Å². The Morgan fingerprint density at radius 1 is 1.00 bits per heavy atom. The summed E-state index contributed by atoms with van der Waals surface area (Å²) in [7, 11) is 1.62. The Balaban J connectivity index is 1.95. The molecule has 31 heavy (non-hydrogen) atoms. The first kappa shape index (κ1) is 24.3. The van der Waals surface area contributed by atoms with Crippen LogP contribution in [0.25, 0.3) is 0 Å². The fourth-order valence-electron chi connectivity index (χ4n) is 3.06. The lowest BCUT2D eigenvalue weighted by Crippen LogP contribution is -2.49. The van der Waals surface area contributed by atoms with E-state index >= 15 is 0 Å². The second-order valence-corrected chi connectivity index (χ2v) is 7.63. The number of hydrogen-bond acceptors (Lipinski definition) is 4. The van der Waals surface area contributed by atoms with Crippen molar-refractivity contribution >= 4 is 11.8 Å². The van der Waals surface area contributed by atoms with Crippen LogP contribution in [-0.4, -0.2) is 42.5 Å². The molecule has 0 bridgehead atoms. The molecule has 0 aromatic heterocycles. The number of nitrogens with zero attached hydrogens (tertiary/aromatic N) is 1. The van der Waals surface area contributed by atoms with Crippen molar-refractivity contribution in [2.75, 3.05) is 13.7 Å². The van der Waals surface area contributed by atoms with E-state index in [1.165, 1.54) is 0 Å². The summed E-state index contributed by atoms with van der Waals surface area (Å²) >= 11 is 0. The summed E-state index contributed by atoms with van der Waals surface area (Å²) in [5.41, 5.74) is 0.994. The first-order chi connectivity index (χ1) is 14.9. The molecule has 168 valence electrons. The quantitative estimate of drug-likeness (QED) is 0.517. The SMILES string of the molecule is CCC(C)NC(=O)C(C)N(Cc1ccccc1)C(=O)CCCOc1ccc(OC)cc1. The first-order valence-corrected chi connectivity index (χ1v) is 10.8. The van der Waals surface area contributed by atoms with E-state index in [2.05, 4.69) is 5.32 Å². The van der Waals surface area contributed by atoms with Gasteiger partial charge in [0.05, 0.1) is 13.7 Å². The fraction of sp³-hybridized carbons (Fsp3) is 0.440. The molecule has 2 aromatic carbocycles. The largest absolute Gasteiger partial charge is 0.497 e. The van der Waals surface area contributed by atoms with Crippen molar-refractivity contribution in [3.8, 4) is 11.5 Å². The molecule has 0 heterocycles. The number of methoxy groups -OCH3 is 1. The lowest BCUT2D eigenvalue weighted by molar-refractivity contribution is -0.141. The zero-order valence-corrected chi connectivity index (χ0v) is 19.0. The fourth-order valence-corrected chi connectivity index (χ4v) is 3.06. The second kappa shape index (κ2) is 12.6. The van der Waals surface area contributed by atoms with Gasteiger partial charge in [-0.3, -0.25) is 9.59 Å². The predicted molar refractivity (Wildman–Crippen MR) is 122 cm³/mol. The van der Waals surface area contributed by atoms with Crippen molar-refractivity contribution in [1.29, 1.82) is 0 Å². The van der Waals surface area contributed by atoms with Crippen molar-refractivity contribution in [3.63, 3.8) is 0 Å². The third kappa shape index (κ3) is 7.96. The highest BCUT2D eigenvalue weighted by atomic mass is 16.5. The smallest absolute Gasteiger partial charge is 0.242 e. The maximum Gasteiger partial charge on any atom is 0.242 e. The topological polar surface area (TPSA) is 67.9 Å². The number of rotatable bonds is 12. The van der Waals surface area contributed by atoms with E-state index in [-0.39, 0.29) is 17.9 Å². The zero-order chi connectivity index (χ0) is 22.6. The van der Waals surface area contributed by atoms with Gasteiger partial charge in [-0.25, -0.2) is 0 Å². The van der Waals surface area contributed by atoms with E-state index < -0.39 is 6.04 Å². The average molecular weight is 427 g/mol. The molecule has 0 fully saturated rings. The molecule has 2 amide bonds. The number of hydrogen-bond donors (Lipinski definition) is 1. The Morgan fingerprint density at radius 2 is 1.65 bits per heavy atom. The second-order valence-electron chi connectivity index (χ2n) is 7.63. The summed E-state index contributed by atoms with van der Waals surface area (Å²) in [6.45, 7) is 6.58. The normalized spacial score (nSPS) is 12.5. The van der Waals surface area contributed by atoms with Gasteiger partial charge in [-0.05, 0) is 56.5 Å². The Hall–Kier alpha value is -3.02. The zero-order valence-electron chi connectivity index (χ0n) is 19.0. The van der Waals surface area contributed by atoms with Gasteiger partial charge in [-0.2, -0.15) is 0 Å². The average Bonchev–Trinajstić information content (AvgIpc) is 2.80. The minimum absolute atomic E-state index is 0.0611. The third-order valence-corrected chi connectivity index (χ3v) is 5.23. The molecule has 2 atom stereocenters. The van der Waals surface area contributed by atoms with Crippen molar-refractivity contribution < 1.29 is 19.1 Å². The molecule has 0 saturated carbocycles. The first-order valence-electron chi connectivity index (χ1n) is 10.8. The number of ether oxygens (including phenoxy) is 2. The van der Waals surface area contributed by atoms with E-state index in [0.29, 0.717) is 26.0 Å². The van der Waals surface area contributed by atoms with E-state index in [4.69, 9.17) is 9.47 Å². The van der Waals surface area contributed by atoms with Crippen LogP contribution in [0.1, 0.15) is 45.6 Å². The minimum atomic E-state index is -0.552. The van der Waals surface area contributed by atoms with Gasteiger partial charge >= 0.3 is 0 Å². The van der Waals surface area contributed by atoms with Gasteiger partial charge in [0.15, 0.2) is 0 Å². The molecule has 0 saturated heterocycles. The number of nitrogens with one attached hydrogen (secondary N) is 1. The number of amides is 2. The number of carbonyl (C=O) groups excluding carboxylic acids is 2. The molecular weight excluding hydrogens is 392 g/mol. The molecule has 0 aliphatic carbocycles. The van der Waals surface area contributed by atoms with Crippen LogP contribution in [0.3, 0.4) is 0 Å². The van der Waals surface area contributed by atoms with E-state index in [0.717, 1.165) is 23.5 Å². The van der Waals surface area contributed by atoms with Gasteiger partial charge in [0.25, 0.3) is 0 Å². The molecule has 6 heteroatoms. The van der Waals surface area contributed by atoms with Crippen LogP contribution in [0.15, 0.2) is 54.6 Å². The van der Waals surface area contributed by atoms with Crippen LogP contribution in [0.4, 0.5) is 0 Å². The highest BCUT2D eigenvalue weighted by Crippen LogP contribution is 2.18. The molecule has 6 nitrogen and oxygen atoms in total. The molecule has 0 radical (unpaired) electrons. The third-order valence-electron chi connectivity index (χ3n) is 5.23. The summed E-state index contributed by atoms with van der Waals surface area (Å²) in [5.74, 6) is 1.31. The van der Waals surface area contributed by atoms with Crippen LogP contribution in [-0.2, 0) is 16.1 Å². The maximum atomic E-state index is 13.0. The lowest BCUT2D eigenvalue weighted by atomic mass is 10.1. The Morgan fingerprint density at radius 3 is 2.26 bits per heavy atom. The van der Waals surface area contributed by atoms with E-state index in [1.54, 1.807) is 18.9 Å². The van der Waals surface area contributed by atoms with Gasteiger partial charge in [0.1, 0.15) is 17.5 Å². The van der Waals surface area contributed by atoms with Gasteiger partial charge < -0.3 is 19.7 Å². The molecule has 0 aliphatic heterocycles. The summed E-state index contributed by atoms with van der Waals surface area (Å²) in [4.78, 5) is 27.3. The van der Waals surface area contributed by atoms with Gasteiger partial charge in [-0.1, -0.05) is 37.3 Å². The summed E-state index contributed by atoms with van der Waals surface area (Å²) in [6, 6.07) is 16.6. The molecule has 2 unspecified atom stereocenters. The number of carbonyl (C=O) groups is 2. The monoisotopic (exact) mass is 426 g/mol. The van der Waals surface area contributed by atoms with Crippen LogP contribution < -0.4 is 14.8 Å². The molecule has 1 N–H and O–H groups in total. The Kier molecular flexibility index (Phi) is 9.88. The van der Waals surface area contributed by atoms with Crippen molar-refractivity contribution in [1.82, 2.24) is 10.2 Å². The van der Waals surface area contributed by atoms with Gasteiger partial charge in [0.2, 0.25) is 11.8 Å². The molecular formula is C25H34N2O4. The number of benzene rings is 2. The van der Waals surface area contributed by atoms with Gasteiger partial charge in [0, 0.05) is 19.0 Å². The van der Waals surface area contributed by atoms with Crippen LogP contribution in [0, 0.1) is 0 Å². The van der Waals surface area contributed by atoms with Crippen molar-refractivity contribution in [3.05, 3.63) is 60.2 Å². The molecule has 0 aliphatic rings. The molecule has 2 aromatic rings. The van der Waals surface area contributed by atoms with E-state index in [9.17, 15) is 9.59 Å². The summed E-state index contributed by atoms with van der Waals surface area (Å²) < 4.78 is 10.9. The molecule has 2 rings (SSSR count). The van der Waals surface area contributed by atoms with Crippen molar-refractivity contribution in [2.24, 2.45) is 0 Å². The summed E-state index contributed by atoms with van der Waals surface area (Å²) in [5, 5.41) is 2.98. The predicted octanol–water partition coefficient (Wildman–Crippen LogP) is 4.19. The lowest BCUT2D eigenvalue weighted by Gasteiger charge is -2.29. The van der Waals surface area contributed by atoms with Crippen LogP contribution in [0.5, 0.6) is 11.5 Å². The molecule has 0 spiro atoms. The van der Waals surface area contributed by atoms with Crippen LogP contribution in [0.2, 0.25) is 0 Å². The minimum Gasteiger partial charge on any atom is -0.497 e. The standard InChI is InChI=1S/C25H34N2O4/c1-5-19(2)26-25(29)20(3)27(18-21-10-7-6-8-11-21)24(28)12-9-17-31-23-15-13-22(30-4)14-16-23/h6-8,10-11,13-16,19-20H,5,9,12,17-18H2,1-4H3,(H,26,29). The highest BCUT2D eigenvalue weighted by molar-refractivity contribution is 5.87.